The third-order valence-electron chi connectivity index (χ3n) is 4.80. The van der Waals surface area contributed by atoms with Gasteiger partial charge in [-0.1, -0.05) is 50.7 Å². The molecule has 0 saturated heterocycles. The third-order valence-corrected chi connectivity index (χ3v) is 4.80. The SMILES string of the molecule is C1=CC2(CCCCC2)OC2(C1)CCCCC2. The Balaban J connectivity index is 1.77. The lowest BCUT2D eigenvalue weighted by Crippen LogP contribution is -2.48. The Hall–Kier alpha value is -0.300. The monoisotopic (exact) mass is 220 g/mol. The van der Waals surface area contributed by atoms with Crippen molar-refractivity contribution >= 4 is 0 Å². The van der Waals surface area contributed by atoms with E-state index in [4.69, 9.17) is 4.74 Å². The normalized spacial score (nSPS) is 32.0. The average Bonchev–Trinajstić information content (AvgIpc) is 2.31. The number of rotatable bonds is 0. The molecule has 16 heavy (non-hydrogen) atoms. The van der Waals surface area contributed by atoms with Crippen molar-refractivity contribution in [3.05, 3.63) is 12.2 Å². The van der Waals surface area contributed by atoms with E-state index in [1.165, 1.54) is 70.6 Å². The lowest BCUT2D eigenvalue weighted by molar-refractivity contribution is -0.168. The first-order valence-corrected chi connectivity index (χ1v) is 7.21. The highest BCUT2D eigenvalue weighted by atomic mass is 16.5. The van der Waals surface area contributed by atoms with Crippen LogP contribution in [0.4, 0.5) is 0 Å². The standard InChI is InChI=1S/C15H24O/c1-3-8-14(9-4-1)12-7-13-15(16-14)10-5-2-6-11-15/h7,12H,1-6,8-11,13H2. The van der Waals surface area contributed by atoms with E-state index >= 15 is 0 Å². The van der Waals surface area contributed by atoms with E-state index in [1.54, 1.807) is 0 Å². The molecule has 1 nitrogen and oxygen atoms in total. The highest BCUT2D eigenvalue weighted by molar-refractivity contribution is 5.12. The summed E-state index contributed by atoms with van der Waals surface area (Å²) in [5, 5.41) is 0. The number of hydrogen-bond acceptors (Lipinski definition) is 1. The molecule has 3 rings (SSSR count). The maximum absolute atomic E-state index is 6.66. The van der Waals surface area contributed by atoms with E-state index in [0.29, 0.717) is 0 Å². The smallest absolute Gasteiger partial charge is 0.0870 e. The van der Waals surface area contributed by atoms with Crippen LogP contribution < -0.4 is 0 Å². The van der Waals surface area contributed by atoms with E-state index in [1.807, 2.05) is 0 Å². The second-order valence-corrected chi connectivity index (χ2v) is 6.08. The van der Waals surface area contributed by atoms with Crippen LogP contribution in [0.3, 0.4) is 0 Å². The molecule has 2 aliphatic carbocycles. The molecule has 2 saturated carbocycles. The third kappa shape index (κ3) is 1.95. The Morgan fingerprint density at radius 2 is 1.38 bits per heavy atom. The van der Waals surface area contributed by atoms with Gasteiger partial charge in [0.05, 0.1) is 11.2 Å². The molecule has 0 amide bonds. The zero-order valence-electron chi connectivity index (χ0n) is 10.3. The fourth-order valence-electron chi connectivity index (χ4n) is 3.92. The van der Waals surface area contributed by atoms with Gasteiger partial charge >= 0.3 is 0 Å². The summed E-state index contributed by atoms with van der Waals surface area (Å²) >= 11 is 0. The minimum Gasteiger partial charge on any atom is -0.364 e. The molecule has 0 radical (unpaired) electrons. The highest BCUT2D eigenvalue weighted by Crippen LogP contribution is 2.46. The van der Waals surface area contributed by atoms with Crippen LogP contribution in [0, 0.1) is 0 Å². The van der Waals surface area contributed by atoms with Crippen molar-refractivity contribution in [2.45, 2.75) is 81.8 Å². The van der Waals surface area contributed by atoms with Gasteiger partial charge in [0.15, 0.2) is 0 Å². The van der Waals surface area contributed by atoms with Crippen LogP contribution in [0.25, 0.3) is 0 Å². The molecule has 1 aliphatic heterocycles. The minimum absolute atomic E-state index is 0.147. The van der Waals surface area contributed by atoms with Gasteiger partial charge in [0.1, 0.15) is 0 Å². The number of ether oxygens (including phenoxy) is 1. The zero-order valence-corrected chi connectivity index (χ0v) is 10.3. The summed E-state index contributed by atoms with van der Waals surface area (Å²) < 4.78 is 6.66. The van der Waals surface area contributed by atoms with Gasteiger partial charge in [0.2, 0.25) is 0 Å². The summed E-state index contributed by atoms with van der Waals surface area (Å²) in [7, 11) is 0. The van der Waals surface area contributed by atoms with Crippen LogP contribution in [0.5, 0.6) is 0 Å². The molecule has 0 unspecified atom stereocenters. The van der Waals surface area contributed by atoms with Gasteiger partial charge in [-0.05, 0) is 32.1 Å². The van der Waals surface area contributed by atoms with Gasteiger partial charge in [-0.3, -0.25) is 0 Å². The Morgan fingerprint density at radius 1 is 0.750 bits per heavy atom. The Morgan fingerprint density at radius 3 is 2.06 bits per heavy atom. The molecule has 1 heterocycles. The molecular weight excluding hydrogens is 196 g/mol. The van der Waals surface area contributed by atoms with Gasteiger partial charge < -0.3 is 4.74 Å². The maximum atomic E-state index is 6.66. The summed E-state index contributed by atoms with van der Waals surface area (Å²) in [4.78, 5) is 0. The lowest BCUT2D eigenvalue weighted by Gasteiger charge is -2.49. The van der Waals surface area contributed by atoms with Gasteiger partial charge in [0, 0.05) is 0 Å². The molecular formula is C15H24O. The zero-order chi connectivity index (χ0) is 10.9. The van der Waals surface area contributed by atoms with Crippen LogP contribution in [0.2, 0.25) is 0 Å². The van der Waals surface area contributed by atoms with Crippen molar-refractivity contribution in [1.29, 1.82) is 0 Å². The van der Waals surface area contributed by atoms with Gasteiger partial charge in [-0.15, -0.1) is 0 Å². The molecule has 0 bridgehead atoms. The molecule has 1 heteroatoms. The molecule has 90 valence electrons. The van der Waals surface area contributed by atoms with Gasteiger partial charge in [-0.25, -0.2) is 0 Å². The van der Waals surface area contributed by atoms with Crippen LogP contribution in [0.1, 0.15) is 70.6 Å². The Kier molecular flexibility index (Phi) is 2.83. The van der Waals surface area contributed by atoms with Crippen LogP contribution in [-0.4, -0.2) is 11.2 Å². The molecule has 0 atom stereocenters. The number of hydrogen-bond donors (Lipinski definition) is 0. The summed E-state index contributed by atoms with van der Waals surface area (Å²) in [5.41, 5.74) is 0.387. The van der Waals surface area contributed by atoms with Crippen molar-refractivity contribution in [2.24, 2.45) is 0 Å². The first-order valence-electron chi connectivity index (χ1n) is 7.21. The van der Waals surface area contributed by atoms with Crippen molar-refractivity contribution in [2.75, 3.05) is 0 Å². The Bertz CT molecular complexity index is 267. The van der Waals surface area contributed by atoms with Crippen molar-refractivity contribution in [3.63, 3.8) is 0 Å². The van der Waals surface area contributed by atoms with Crippen molar-refractivity contribution in [1.82, 2.24) is 0 Å². The topological polar surface area (TPSA) is 9.23 Å². The summed E-state index contributed by atoms with van der Waals surface area (Å²) in [5.74, 6) is 0. The van der Waals surface area contributed by atoms with Crippen molar-refractivity contribution in [3.8, 4) is 0 Å². The van der Waals surface area contributed by atoms with Crippen LogP contribution in [-0.2, 0) is 4.74 Å². The largest absolute Gasteiger partial charge is 0.364 e. The van der Waals surface area contributed by atoms with E-state index in [-0.39, 0.29) is 11.2 Å². The van der Waals surface area contributed by atoms with Crippen LogP contribution in [0.15, 0.2) is 12.2 Å². The first-order chi connectivity index (χ1) is 7.83. The predicted octanol–water partition coefficient (Wildman–Crippen LogP) is 4.37. The molecule has 0 N–H and O–H groups in total. The quantitative estimate of drug-likeness (QED) is 0.551. The summed E-state index contributed by atoms with van der Waals surface area (Å²) in [6.45, 7) is 0. The lowest BCUT2D eigenvalue weighted by atomic mass is 9.76. The van der Waals surface area contributed by atoms with Gasteiger partial charge in [-0.2, -0.15) is 0 Å². The molecule has 0 aromatic carbocycles. The molecule has 0 aromatic heterocycles. The summed E-state index contributed by atoms with van der Waals surface area (Å²) in [6.07, 6.45) is 19.5. The van der Waals surface area contributed by atoms with E-state index in [9.17, 15) is 0 Å². The minimum atomic E-state index is 0.147. The second kappa shape index (κ2) is 4.18. The van der Waals surface area contributed by atoms with Gasteiger partial charge in [0.25, 0.3) is 0 Å². The second-order valence-electron chi connectivity index (χ2n) is 6.08. The van der Waals surface area contributed by atoms with E-state index < -0.39 is 0 Å². The first kappa shape index (κ1) is 10.8. The molecule has 3 aliphatic rings. The van der Waals surface area contributed by atoms with Crippen LogP contribution >= 0.6 is 0 Å². The van der Waals surface area contributed by atoms with Crippen molar-refractivity contribution < 1.29 is 4.74 Å². The molecule has 2 fully saturated rings. The fourth-order valence-corrected chi connectivity index (χ4v) is 3.92. The Labute approximate surface area is 99.3 Å². The van der Waals surface area contributed by atoms with E-state index in [0.717, 1.165) is 0 Å². The van der Waals surface area contributed by atoms with E-state index in [2.05, 4.69) is 12.2 Å². The molecule has 0 aromatic rings. The average molecular weight is 220 g/mol. The maximum Gasteiger partial charge on any atom is 0.0870 e. The fraction of sp³-hybridized carbons (Fsp3) is 0.867. The summed E-state index contributed by atoms with van der Waals surface area (Å²) in [6, 6.07) is 0. The highest BCUT2D eigenvalue weighted by Gasteiger charge is 2.43. The predicted molar refractivity (Wildman–Crippen MR) is 66.5 cm³/mol. The molecule has 2 spiro atoms.